The van der Waals surface area contributed by atoms with Gasteiger partial charge in [0, 0.05) is 13.2 Å². The Balaban J connectivity index is 1.98. The van der Waals surface area contributed by atoms with Crippen molar-refractivity contribution in [3.05, 3.63) is 24.4 Å². The third-order valence-electron chi connectivity index (χ3n) is 2.84. The molecule has 110 valence electrons. The van der Waals surface area contributed by atoms with E-state index in [0.717, 1.165) is 15.8 Å². The summed E-state index contributed by atoms with van der Waals surface area (Å²) >= 11 is 1.43. The number of hydrogen-bond acceptors (Lipinski definition) is 6. The SMILES string of the molecule is COCC(C)NC(C)(O)COc1cccc2sncc12. The molecule has 2 unspecified atom stereocenters. The van der Waals surface area contributed by atoms with E-state index in [0.29, 0.717) is 6.61 Å². The van der Waals surface area contributed by atoms with Crippen LogP contribution in [0.2, 0.25) is 0 Å². The fourth-order valence-corrected chi connectivity index (χ4v) is 2.74. The van der Waals surface area contributed by atoms with Crippen molar-refractivity contribution in [1.82, 2.24) is 9.69 Å². The first-order valence-corrected chi connectivity index (χ1v) is 7.24. The van der Waals surface area contributed by atoms with Gasteiger partial charge in [0.15, 0.2) is 0 Å². The third kappa shape index (κ3) is 3.89. The summed E-state index contributed by atoms with van der Waals surface area (Å²) in [4.78, 5) is 0. The number of fused-ring (bicyclic) bond motifs is 1. The highest BCUT2D eigenvalue weighted by Crippen LogP contribution is 2.28. The summed E-state index contributed by atoms with van der Waals surface area (Å²) in [5, 5.41) is 14.3. The predicted octanol–water partition coefficient (Wildman–Crippen LogP) is 2.01. The van der Waals surface area contributed by atoms with Crippen LogP contribution in [0.25, 0.3) is 10.1 Å². The van der Waals surface area contributed by atoms with Gasteiger partial charge >= 0.3 is 0 Å². The zero-order valence-corrected chi connectivity index (χ0v) is 12.7. The molecule has 0 aliphatic rings. The van der Waals surface area contributed by atoms with E-state index in [4.69, 9.17) is 9.47 Å². The lowest BCUT2D eigenvalue weighted by molar-refractivity contribution is -0.0323. The third-order valence-corrected chi connectivity index (χ3v) is 3.61. The van der Waals surface area contributed by atoms with Crippen molar-refractivity contribution in [2.24, 2.45) is 0 Å². The average molecular weight is 296 g/mol. The van der Waals surface area contributed by atoms with Gasteiger partial charge in [-0.2, -0.15) is 4.37 Å². The van der Waals surface area contributed by atoms with Crippen molar-refractivity contribution < 1.29 is 14.6 Å². The van der Waals surface area contributed by atoms with Crippen molar-refractivity contribution in [2.45, 2.75) is 25.6 Å². The van der Waals surface area contributed by atoms with E-state index in [1.54, 1.807) is 20.2 Å². The number of ether oxygens (including phenoxy) is 2. The summed E-state index contributed by atoms with van der Waals surface area (Å²) in [5.74, 6) is 0.734. The van der Waals surface area contributed by atoms with E-state index < -0.39 is 5.72 Å². The lowest BCUT2D eigenvalue weighted by Crippen LogP contribution is -2.52. The Morgan fingerprint density at radius 2 is 2.30 bits per heavy atom. The maximum absolute atomic E-state index is 10.3. The molecular formula is C14H20N2O3S. The molecule has 0 spiro atoms. The van der Waals surface area contributed by atoms with Crippen LogP contribution in [-0.2, 0) is 4.74 Å². The van der Waals surface area contributed by atoms with Gasteiger partial charge in [-0.3, -0.25) is 5.32 Å². The largest absolute Gasteiger partial charge is 0.488 e. The summed E-state index contributed by atoms with van der Waals surface area (Å²) in [7, 11) is 1.63. The fourth-order valence-electron chi connectivity index (χ4n) is 2.07. The van der Waals surface area contributed by atoms with Gasteiger partial charge < -0.3 is 14.6 Å². The highest BCUT2D eigenvalue weighted by Gasteiger charge is 2.23. The van der Waals surface area contributed by atoms with Gasteiger partial charge in [-0.05, 0) is 37.5 Å². The van der Waals surface area contributed by atoms with Gasteiger partial charge in [-0.1, -0.05) is 6.07 Å². The number of hydrogen-bond donors (Lipinski definition) is 2. The fraction of sp³-hybridized carbons (Fsp3) is 0.500. The number of aliphatic hydroxyl groups is 1. The second-order valence-corrected chi connectivity index (χ2v) is 5.89. The van der Waals surface area contributed by atoms with E-state index >= 15 is 0 Å². The van der Waals surface area contributed by atoms with Crippen LogP contribution in [-0.4, -0.2) is 41.6 Å². The van der Waals surface area contributed by atoms with Gasteiger partial charge in [0.05, 0.1) is 22.9 Å². The van der Waals surface area contributed by atoms with E-state index in [1.165, 1.54) is 11.5 Å². The lowest BCUT2D eigenvalue weighted by Gasteiger charge is -2.28. The molecule has 6 heteroatoms. The molecule has 1 heterocycles. The minimum Gasteiger partial charge on any atom is -0.488 e. The number of nitrogens with zero attached hydrogens (tertiary/aromatic N) is 1. The predicted molar refractivity (Wildman–Crippen MR) is 80.2 cm³/mol. The van der Waals surface area contributed by atoms with Gasteiger partial charge in [-0.25, -0.2) is 0 Å². The zero-order chi connectivity index (χ0) is 14.6. The number of benzene rings is 1. The molecule has 0 aliphatic heterocycles. The van der Waals surface area contributed by atoms with E-state index in [9.17, 15) is 5.11 Å². The first-order chi connectivity index (χ1) is 9.52. The van der Waals surface area contributed by atoms with E-state index in [-0.39, 0.29) is 12.6 Å². The van der Waals surface area contributed by atoms with Crippen LogP contribution in [0.5, 0.6) is 5.75 Å². The van der Waals surface area contributed by atoms with Crippen LogP contribution < -0.4 is 10.1 Å². The molecule has 1 aromatic carbocycles. The Bertz CT molecular complexity index is 556. The molecular weight excluding hydrogens is 276 g/mol. The Labute approximate surface area is 122 Å². The number of nitrogens with one attached hydrogen (secondary N) is 1. The van der Waals surface area contributed by atoms with Crippen LogP contribution in [0.4, 0.5) is 0 Å². The number of rotatable bonds is 7. The monoisotopic (exact) mass is 296 g/mol. The van der Waals surface area contributed by atoms with Gasteiger partial charge in [0.2, 0.25) is 0 Å². The molecule has 0 amide bonds. The summed E-state index contributed by atoms with van der Waals surface area (Å²) in [6, 6.07) is 5.84. The van der Waals surface area contributed by atoms with E-state index in [2.05, 4.69) is 9.69 Å². The highest BCUT2D eigenvalue weighted by molar-refractivity contribution is 7.13. The number of aromatic nitrogens is 1. The second-order valence-electron chi connectivity index (χ2n) is 5.06. The van der Waals surface area contributed by atoms with Crippen LogP contribution in [0.15, 0.2) is 24.4 Å². The molecule has 1 aromatic heterocycles. The van der Waals surface area contributed by atoms with Crippen molar-refractivity contribution in [2.75, 3.05) is 20.3 Å². The molecule has 2 N–H and O–H groups in total. The van der Waals surface area contributed by atoms with Crippen LogP contribution in [0.1, 0.15) is 13.8 Å². The van der Waals surface area contributed by atoms with Crippen molar-refractivity contribution in [1.29, 1.82) is 0 Å². The summed E-state index contributed by atoms with van der Waals surface area (Å²) < 4.78 is 16.0. The molecule has 2 atom stereocenters. The molecule has 2 rings (SSSR count). The Morgan fingerprint density at radius 3 is 3.05 bits per heavy atom. The summed E-state index contributed by atoms with van der Waals surface area (Å²) in [6.45, 7) is 4.31. The van der Waals surface area contributed by atoms with Crippen molar-refractivity contribution in [3.63, 3.8) is 0 Å². The van der Waals surface area contributed by atoms with Gasteiger partial charge in [0.1, 0.15) is 18.1 Å². The van der Waals surface area contributed by atoms with Gasteiger partial charge in [-0.15, -0.1) is 0 Å². The molecule has 0 aliphatic carbocycles. The van der Waals surface area contributed by atoms with Gasteiger partial charge in [0.25, 0.3) is 0 Å². The zero-order valence-electron chi connectivity index (χ0n) is 11.9. The first kappa shape index (κ1) is 15.2. The van der Waals surface area contributed by atoms with Crippen LogP contribution >= 0.6 is 11.5 Å². The Hall–Kier alpha value is -1.21. The molecule has 2 aromatic rings. The van der Waals surface area contributed by atoms with Crippen molar-refractivity contribution >= 4 is 21.6 Å². The minimum atomic E-state index is -1.12. The standard InChI is InChI=1S/C14H20N2O3S/c1-10(8-18-3)16-14(2,17)9-19-12-5-4-6-13-11(12)7-15-20-13/h4-7,10,16-17H,8-9H2,1-3H3. The molecule has 0 radical (unpaired) electrons. The first-order valence-electron chi connectivity index (χ1n) is 6.47. The topological polar surface area (TPSA) is 63.6 Å². The lowest BCUT2D eigenvalue weighted by atomic mass is 10.2. The molecule has 0 saturated carbocycles. The second kappa shape index (κ2) is 6.49. The molecule has 0 fully saturated rings. The minimum absolute atomic E-state index is 0.0391. The van der Waals surface area contributed by atoms with E-state index in [1.807, 2.05) is 25.1 Å². The number of methoxy groups -OCH3 is 1. The molecule has 5 nitrogen and oxygen atoms in total. The molecule has 0 saturated heterocycles. The Morgan fingerprint density at radius 1 is 1.50 bits per heavy atom. The molecule has 20 heavy (non-hydrogen) atoms. The normalized spacial score (nSPS) is 16.0. The summed E-state index contributed by atoms with van der Waals surface area (Å²) in [6.07, 6.45) is 1.78. The molecule has 0 bridgehead atoms. The maximum Gasteiger partial charge on any atom is 0.147 e. The van der Waals surface area contributed by atoms with Crippen molar-refractivity contribution in [3.8, 4) is 5.75 Å². The van der Waals surface area contributed by atoms with Crippen LogP contribution in [0, 0.1) is 0 Å². The quantitative estimate of drug-likeness (QED) is 0.765. The summed E-state index contributed by atoms with van der Waals surface area (Å²) in [5.41, 5.74) is -1.12. The Kier molecular flexibility index (Phi) is 4.93. The van der Waals surface area contributed by atoms with Crippen LogP contribution in [0.3, 0.4) is 0 Å². The maximum atomic E-state index is 10.3. The highest BCUT2D eigenvalue weighted by atomic mass is 32.1. The average Bonchev–Trinajstić information content (AvgIpc) is 2.84. The smallest absolute Gasteiger partial charge is 0.147 e.